The molecule has 0 saturated carbocycles. The Morgan fingerprint density at radius 1 is 0.206 bits per heavy atom. The molecule has 0 aromatic heterocycles. The van der Waals surface area contributed by atoms with Crippen molar-refractivity contribution in [2.24, 2.45) is 5.73 Å². The Morgan fingerprint density at radius 2 is 0.324 bits per heavy atom. The second-order valence-corrected chi connectivity index (χ2v) is 22.3. The summed E-state index contributed by atoms with van der Waals surface area (Å²) in [5, 5.41) is 11.2. The number of rotatable bonds is 65. The largest absolute Gasteiger partial charge is 0.469 e. The summed E-state index contributed by atoms with van der Waals surface area (Å²) in [6.07, 6.45) is -2.85. The fourth-order valence-electron chi connectivity index (χ4n) is 8.38. The van der Waals surface area contributed by atoms with E-state index in [1.54, 1.807) is 0 Å². The van der Waals surface area contributed by atoms with Crippen LogP contribution in [0.25, 0.3) is 0 Å². The Labute approximate surface area is 592 Å². The SMILES string of the molecule is COC(=O)CCOCC(COCCC(=O)OC)(COCCC(=O)OC)NC(=O)CCOCC(COCCC(=O)NC(COCCC(=O)OC)(COCCC(=O)OC)COCCC(=O)OC)(COCCC(=O)NC(COCCC(=O)OC)(COCCC(=O)OC)COCCC(=O)OC)NC(=O)CN. The minimum atomic E-state index is -1.76. The summed E-state index contributed by atoms with van der Waals surface area (Å²) in [6, 6.07) is 0. The van der Waals surface area contributed by atoms with E-state index in [0.29, 0.717) is 0 Å². The second-order valence-electron chi connectivity index (χ2n) is 22.3. The molecule has 0 heterocycles. The van der Waals surface area contributed by atoms with Gasteiger partial charge in [-0.05, 0) is 0 Å². The molecule has 39 nitrogen and oxygen atoms in total. The average Bonchev–Trinajstić information content (AvgIpc) is 0.872. The van der Waals surface area contributed by atoms with E-state index < -0.39 is 165 Å². The number of esters is 9. The number of carbonyl (C=O) groups excluding carboxylic acids is 13. The molecule has 0 fully saturated rings. The summed E-state index contributed by atoms with van der Waals surface area (Å²) in [4.78, 5) is 163. The van der Waals surface area contributed by atoms with Gasteiger partial charge in [-0.3, -0.25) is 62.3 Å². The third-order valence-corrected chi connectivity index (χ3v) is 13.9. The normalized spacial score (nSPS) is 11.5. The summed E-state index contributed by atoms with van der Waals surface area (Å²) in [5.74, 6) is -8.21. The standard InChI is InChI=1S/C63H107N5O34/c1-82-51(73)13-25-94-35-60(36-95-26-14-52(74)83-2,37-96-27-15-53(75)84-3)65-47(69)10-22-91-44-63(68-50(72)34-64,45-92-23-11-48(70)66-61(38-97-28-16-54(76)85-4,39-98-29-17-55(77)86-5)40-99-30-18-56(78)87-6)46-93-24-12-49(71)67-62(41-100-31-19-57(79)88-7,42-101-32-20-58(80)89-8)43-102-33-21-59(81)90-9/h10-46,64H2,1-9H3,(H,65,69)(H,66,70)(H,67,71)(H,68,72). The summed E-state index contributed by atoms with van der Waals surface area (Å²) in [6.45, 7) is -7.97. The molecule has 0 atom stereocenters. The van der Waals surface area contributed by atoms with Crippen LogP contribution in [0.15, 0.2) is 0 Å². The number of ether oxygens (including phenoxy) is 21. The molecular weight excluding hydrogens is 1370 g/mol. The molecule has 0 radical (unpaired) electrons. The fourth-order valence-corrected chi connectivity index (χ4v) is 8.38. The smallest absolute Gasteiger partial charge is 0.307 e. The van der Waals surface area contributed by atoms with Crippen LogP contribution in [0.2, 0.25) is 0 Å². The van der Waals surface area contributed by atoms with E-state index in [4.69, 9.17) is 105 Å². The number of carbonyl (C=O) groups is 13. The van der Waals surface area contributed by atoms with E-state index in [2.05, 4.69) is 21.3 Å². The molecule has 0 aromatic carbocycles. The molecule has 0 aromatic rings. The maximum Gasteiger partial charge on any atom is 0.307 e. The van der Waals surface area contributed by atoms with E-state index in [1.165, 1.54) is 64.0 Å². The van der Waals surface area contributed by atoms with E-state index in [0.717, 1.165) is 0 Å². The molecule has 0 aliphatic carbocycles. The van der Waals surface area contributed by atoms with Crippen molar-refractivity contribution in [1.29, 1.82) is 0 Å². The first kappa shape index (κ1) is 94.6. The Kier molecular flexibility index (Phi) is 53.8. The highest BCUT2D eigenvalue weighted by molar-refractivity contribution is 5.79. The van der Waals surface area contributed by atoms with Gasteiger partial charge in [0.2, 0.25) is 23.6 Å². The lowest BCUT2D eigenvalue weighted by molar-refractivity contribution is -0.145. The zero-order valence-corrected chi connectivity index (χ0v) is 60.1. The van der Waals surface area contributed by atoms with Crippen molar-refractivity contribution in [3.8, 4) is 0 Å². The number of methoxy groups -OCH3 is 9. The zero-order chi connectivity index (χ0) is 76.3. The lowest BCUT2D eigenvalue weighted by Gasteiger charge is -2.35. The highest BCUT2D eigenvalue weighted by Crippen LogP contribution is 2.17. The van der Waals surface area contributed by atoms with Gasteiger partial charge in [-0.25, -0.2) is 0 Å². The van der Waals surface area contributed by atoms with Crippen molar-refractivity contribution in [1.82, 2.24) is 21.3 Å². The number of hydrogen-bond donors (Lipinski definition) is 5. The van der Waals surface area contributed by atoms with Gasteiger partial charge in [0, 0.05) is 19.3 Å². The van der Waals surface area contributed by atoms with Crippen molar-refractivity contribution in [3.63, 3.8) is 0 Å². The molecule has 0 aliphatic rings. The van der Waals surface area contributed by atoms with E-state index in [9.17, 15) is 62.3 Å². The van der Waals surface area contributed by atoms with E-state index >= 15 is 0 Å². The monoisotopic (exact) mass is 1480 g/mol. The molecule has 0 saturated heterocycles. The van der Waals surface area contributed by atoms with Crippen LogP contribution < -0.4 is 27.0 Å². The van der Waals surface area contributed by atoms with Crippen molar-refractivity contribution in [2.75, 3.05) is 229 Å². The minimum Gasteiger partial charge on any atom is -0.469 e. The molecule has 39 heteroatoms. The number of nitrogens with one attached hydrogen (secondary N) is 4. The van der Waals surface area contributed by atoms with Crippen molar-refractivity contribution < 1.29 is 162 Å². The van der Waals surface area contributed by atoms with Crippen LogP contribution in [0.4, 0.5) is 0 Å². The van der Waals surface area contributed by atoms with Crippen LogP contribution in [-0.4, -0.2) is 329 Å². The molecule has 0 spiro atoms. The Balaban J connectivity index is 7.44. The van der Waals surface area contributed by atoms with Crippen LogP contribution in [0.1, 0.15) is 77.0 Å². The van der Waals surface area contributed by atoms with E-state index in [-0.39, 0.29) is 177 Å². The maximum absolute atomic E-state index is 14.0. The Morgan fingerprint density at radius 3 is 0.441 bits per heavy atom. The highest BCUT2D eigenvalue weighted by Gasteiger charge is 2.39. The van der Waals surface area contributed by atoms with Crippen LogP contribution in [0, 0.1) is 0 Å². The summed E-state index contributed by atoms with van der Waals surface area (Å²) >= 11 is 0. The predicted octanol–water partition coefficient (Wildman–Crippen LogP) is -3.20. The Hall–Kier alpha value is -7.41. The van der Waals surface area contributed by atoms with Gasteiger partial charge in [0.15, 0.2) is 0 Å². The van der Waals surface area contributed by atoms with Crippen LogP contribution in [0.5, 0.6) is 0 Å². The fraction of sp³-hybridized carbons (Fsp3) is 0.794. The number of hydrogen-bond acceptors (Lipinski definition) is 35. The molecule has 0 rings (SSSR count). The maximum atomic E-state index is 14.0. The molecule has 6 N–H and O–H groups in total. The molecule has 4 amide bonds. The van der Waals surface area contributed by atoms with Gasteiger partial charge in [0.25, 0.3) is 0 Å². The highest BCUT2D eigenvalue weighted by atomic mass is 16.6. The van der Waals surface area contributed by atoms with Crippen molar-refractivity contribution in [2.45, 2.75) is 99.2 Å². The van der Waals surface area contributed by atoms with Crippen LogP contribution >= 0.6 is 0 Å². The molecule has 0 bridgehead atoms. The first-order valence-electron chi connectivity index (χ1n) is 32.3. The average molecular weight is 1480 g/mol. The van der Waals surface area contributed by atoms with Gasteiger partial charge in [-0.15, -0.1) is 0 Å². The molecular formula is C63H107N5O34. The lowest BCUT2D eigenvalue weighted by Crippen LogP contribution is -2.60. The predicted molar refractivity (Wildman–Crippen MR) is 346 cm³/mol. The third-order valence-electron chi connectivity index (χ3n) is 13.9. The van der Waals surface area contributed by atoms with Gasteiger partial charge >= 0.3 is 53.7 Å². The van der Waals surface area contributed by atoms with Gasteiger partial charge in [0.05, 0.1) is 287 Å². The van der Waals surface area contributed by atoms with Crippen LogP contribution in [0.3, 0.4) is 0 Å². The molecule has 0 unspecified atom stereocenters. The topological polar surface area (TPSA) is 490 Å². The molecule has 0 aliphatic heterocycles. The first-order valence-corrected chi connectivity index (χ1v) is 32.3. The van der Waals surface area contributed by atoms with Gasteiger partial charge in [-0.1, -0.05) is 0 Å². The van der Waals surface area contributed by atoms with Crippen molar-refractivity contribution >= 4 is 77.4 Å². The van der Waals surface area contributed by atoms with Gasteiger partial charge in [0.1, 0.15) is 22.2 Å². The summed E-state index contributed by atoms with van der Waals surface area (Å²) in [5.41, 5.74) is -0.553. The Bertz CT molecular complexity index is 2050. The quantitative estimate of drug-likeness (QED) is 0.0227. The third kappa shape index (κ3) is 47.0. The molecule has 102 heavy (non-hydrogen) atoms. The minimum absolute atomic E-state index is 0.175. The molecule has 588 valence electrons. The number of nitrogens with two attached hydrogens (primary N) is 1. The zero-order valence-electron chi connectivity index (χ0n) is 60.1. The number of amides is 4. The van der Waals surface area contributed by atoms with Gasteiger partial charge < -0.3 is 126 Å². The van der Waals surface area contributed by atoms with Gasteiger partial charge in [-0.2, -0.15) is 0 Å². The van der Waals surface area contributed by atoms with Crippen molar-refractivity contribution in [3.05, 3.63) is 0 Å². The second kappa shape index (κ2) is 58.0. The lowest BCUT2D eigenvalue weighted by atomic mass is 10.0. The summed E-state index contributed by atoms with van der Waals surface area (Å²) in [7, 11) is 10.7. The van der Waals surface area contributed by atoms with E-state index in [1.807, 2.05) is 0 Å². The first-order chi connectivity index (χ1) is 48.8. The summed E-state index contributed by atoms with van der Waals surface area (Å²) < 4.78 is 113. The van der Waals surface area contributed by atoms with Crippen LogP contribution in [-0.2, 0) is 162 Å².